The molecule has 2 aromatic rings. The number of hydrogen-bond acceptors (Lipinski definition) is 5. The van der Waals surface area contributed by atoms with E-state index in [1.165, 1.54) is 18.2 Å². The predicted molar refractivity (Wildman–Crippen MR) is 119 cm³/mol. The highest BCUT2D eigenvalue weighted by atomic mass is 32.2. The van der Waals surface area contributed by atoms with Gasteiger partial charge < -0.3 is 4.74 Å². The number of sulfonamides is 1. The largest absolute Gasteiger partial charge is 0.489 e. The number of non-ortho nitro benzene ring substituents is 1. The first kappa shape index (κ1) is 21.6. The highest BCUT2D eigenvalue weighted by molar-refractivity contribution is 7.92. The highest BCUT2D eigenvalue weighted by Crippen LogP contribution is 2.52. The van der Waals surface area contributed by atoms with E-state index in [4.69, 9.17) is 4.74 Å². The summed E-state index contributed by atoms with van der Waals surface area (Å²) in [5, 5.41) is 11.0. The quantitative estimate of drug-likeness (QED) is 0.470. The van der Waals surface area contributed by atoms with Crippen molar-refractivity contribution in [3.63, 3.8) is 0 Å². The summed E-state index contributed by atoms with van der Waals surface area (Å²) in [7, 11) is -3.95. The number of nitrogens with zero attached hydrogens (tertiary/aromatic N) is 1. The molecule has 2 aliphatic rings. The summed E-state index contributed by atoms with van der Waals surface area (Å²) >= 11 is 0. The molecule has 1 N–H and O–H groups in total. The number of anilines is 1. The molecule has 31 heavy (non-hydrogen) atoms. The van der Waals surface area contributed by atoms with Crippen LogP contribution in [0.15, 0.2) is 47.4 Å². The Morgan fingerprint density at radius 3 is 2.68 bits per heavy atom. The molecule has 1 saturated carbocycles. The molecule has 1 aliphatic carbocycles. The Balaban J connectivity index is 1.59. The van der Waals surface area contributed by atoms with Crippen molar-refractivity contribution in [2.75, 3.05) is 4.72 Å². The van der Waals surface area contributed by atoms with Crippen LogP contribution in [0.2, 0.25) is 0 Å². The fraction of sp³-hybridized carbons (Fsp3) is 0.478. The Labute approximate surface area is 183 Å². The Kier molecular flexibility index (Phi) is 5.45. The van der Waals surface area contributed by atoms with Gasteiger partial charge in [0.25, 0.3) is 15.7 Å². The van der Waals surface area contributed by atoms with Gasteiger partial charge in [-0.1, -0.05) is 33.3 Å². The first-order chi connectivity index (χ1) is 14.6. The van der Waals surface area contributed by atoms with Crippen LogP contribution in [0, 0.1) is 21.4 Å². The lowest BCUT2D eigenvalue weighted by Crippen LogP contribution is -2.34. The predicted octanol–water partition coefficient (Wildman–Crippen LogP) is 5.48. The van der Waals surface area contributed by atoms with E-state index in [1.807, 2.05) is 12.1 Å². The number of fused-ring (bicyclic) bond motifs is 3. The second-order valence-electron chi connectivity index (χ2n) is 9.23. The van der Waals surface area contributed by atoms with E-state index in [-0.39, 0.29) is 28.0 Å². The van der Waals surface area contributed by atoms with E-state index in [2.05, 4.69) is 25.5 Å². The van der Waals surface area contributed by atoms with Gasteiger partial charge >= 0.3 is 0 Å². The van der Waals surface area contributed by atoms with Crippen LogP contribution in [0.3, 0.4) is 0 Å². The lowest BCUT2D eigenvalue weighted by Gasteiger charge is -2.40. The fourth-order valence-corrected chi connectivity index (χ4v) is 5.85. The molecule has 3 atom stereocenters. The van der Waals surface area contributed by atoms with Gasteiger partial charge in [0.05, 0.1) is 9.82 Å². The molecule has 4 rings (SSSR count). The number of rotatable bonds is 6. The normalized spacial score (nSPS) is 22.9. The average Bonchev–Trinajstić information content (AvgIpc) is 3.11. The molecule has 0 unspecified atom stereocenters. The third-order valence-corrected chi connectivity index (χ3v) is 8.46. The minimum Gasteiger partial charge on any atom is -0.489 e. The smallest absolute Gasteiger partial charge is 0.270 e. The number of ether oxygens (including phenoxy) is 1. The fourth-order valence-electron chi connectivity index (χ4n) is 4.76. The van der Waals surface area contributed by atoms with Gasteiger partial charge in [0.1, 0.15) is 11.9 Å². The van der Waals surface area contributed by atoms with Gasteiger partial charge in [-0.2, -0.15) is 0 Å². The van der Waals surface area contributed by atoms with Crippen molar-refractivity contribution in [1.29, 1.82) is 0 Å². The number of nitro groups is 1. The Bertz CT molecular complexity index is 1110. The van der Waals surface area contributed by atoms with Crippen LogP contribution in [0.1, 0.15) is 57.9 Å². The van der Waals surface area contributed by atoms with Crippen molar-refractivity contribution in [1.82, 2.24) is 0 Å². The molecule has 0 radical (unpaired) electrons. The van der Waals surface area contributed by atoms with Gasteiger partial charge in [0, 0.05) is 29.3 Å². The van der Waals surface area contributed by atoms with Gasteiger partial charge in [0.15, 0.2) is 0 Å². The summed E-state index contributed by atoms with van der Waals surface area (Å²) in [5.74, 6) is 1.67. The van der Waals surface area contributed by atoms with Crippen LogP contribution >= 0.6 is 0 Å². The molecule has 0 saturated heterocycles. The molecular formula is C23H28N2O5S. The van der Waals surface area contributed by atoms with Crippen molar-refractivity contribution in [3.05, 3.63) is 58.1 Å². The zero-order valence-electron chi connectivity index (χ0n) is 18.0. The lowest BCUT2D eigenvalue weighted by atomic mass is 9.65. The molecule has 2 aromatic carbocycles. The van der Waals surface area contributed by atoms with Gasteiger partial charge in [-0.3, -0.25) is 14.8 Å². The van der Waals surface area contributed by atoms with Gasteiger partial charge in [-0.05, 0) is 54.9 Å². The Morgan fingerprint density at radius 2 is 1.97 bits per heavy atom. The van der Waals surface area contributed by atoms with Crippen molar-refractivity contribution >= 4 is 21.4 Å². The minimum absolute atomic E-state index is 0.140. The molecule has 1 aliphatic heterocycles. The first-order valence-corrected chi connectivity index (χ1v) is 12.2. The van der Waals surface area contributed by atoms with E-state index >= 15 is 0 Å². The number of nitro benzene ring substituents is 1. The number of benzene rings is 2. The standard InChI is InChI=1S/C23H28N2O5S/c1-4-23(2,3)15-8-10-21-19(12-15)20-13-16(9-11-22(20)30-21)24-31(28,29)18-7-5-6-17(14-18)25(26)27/h5-7,9,11,13-15,19,21,24H,4,8,10,12H2,1-3H3/t15-,19-,21+/m0/s1. The number of hydrogen-bond donors (Lipinski definition) is 1. The van der Waals surface area contributed by atoms with Crippen molar-refractivity contribution in [2.45, 2.75) is 63.4 Å². The Morgan fingerprint density at radius 1 is 1.19 bits per heavy atom. The molecule has 166 valence electrons. The Hall–Kier alpha value is -2.61. The topological polar surface area (TPSA) is 98.5 Å². The summed E-state index contributed by atoms with van der Waals surface area (Å²) in [6.45, 7) is 6.86. The molecule has 1 fully saturated rings. The molecular weight excluding hydrogens is 416 g/mol. The molecule has 7 nitrogen and oxygen atoms in total. The third-order valence-electron chi connectivity index (χ3n) is 7.08. The molecule has 0 aromatic heterocycles. The lowest BCUT2D eigenvalue weighted by molar-refractivity contribution is -0.385. The van der Waals surface area contributed by atoms with E-state index in [1.54, 1.807) is 6.07 Å². The van der Waals surface area contributed by atoms with E-state index < -0.39 is 14.9 Å². The van der Waals surface area contributed by atoms with E-state index in [0.717, 1.165) is 43.1 Å². The molecule has 0 bridgehead atoms. The van der Waals surface area contributed by atoms with Crippen LogP contribution in [0.25, 0.3) is 0 Å². The zero-order chi connectivity index (χ0) is 22.4. The molecule has 0 spiro atoms. The molecule has 0 amide bonds. The molecule has 1 heterocycles. The zero-order valence-corrected chi connectivity index (χ0v) is 18.8. The molecule has 8 heteroatoms. The first-order valence-electron chi connectivity index (χ1n) is 10.7. The SMILES string of the molecule is CCC(C)(C)[C@H]1CC[C@H]2Oc3ccc(NS(=O)(=O)c4cccc([N+](=O)[O-])c4)cc3[C@@H]2C1. The van der Waals surface area contributed by atoms with Crippen LogP contribution in [-0.2, 0) is 10.0 Å². The number of nitrogens with one attached hydrogen (secondary N) is 1. The summed E-state index contributed by atoms with van der Waals surface area (Å²) in [6, 6.07) is 10.4. The van der Waals surface area contributed by atoms with Gasteiger partial charge in [0.2, 0.25) is 0 Å². The second-order valence-corrected chi connectivity index (χ2v) is 10.9. The summed E-state index contributed by atoms with van der Waals surface area (Å²) in [4.78, 5) is 10.2. The van der Waals surface area contributed by atoms with Crippen molar-refractivity contribution in [3.8, 4) is 5.75 Å². The summed E-state index contributed by atoms with van der Waals surface area (Å²) < 4.78 is 34.4. The van der Waals surface area contributed by atoms with Crippen molar-refractivity contribution in [2.24, 2.45) is 11.3 Å². The van der Waals surface area contributed by atoms with E-state index in [9.17, 15) is 18.5 Å². The minimum atomic E-state index is -3.95. The van der Waals surface area contributed by atoms with Crippen LogP contribution in [0.4, 0.5) is 11.4 Å². The van der Waals surface area contributed by atoms with Crippen molar-refractivity contribution < 1.29 is 18.1 Å². The highest BCUT2D eigenvalue weighted by Gasteiger charge is 2.43. The van der Waals surface area contributed by atoms with Gasteiger partial charge in [-0.25, -0.2) is 8.42 Å². The second kappa shape index (κ2) is 7.82. The maximum atomic E-state index is 12.8. The van der Waals surface area contributed by atoms with Gasteiger partial charge in [-0.15, -0.1) is 0 Å². The maximum absolute atomic E-state index is 12.8. The maximum Gasteiger partial charge on any atom is 0.270 e. The summed E-state index contributed by atoms with van der Waals surface area (Å²) in [5.41, 5.74) is 1.47. The average molecular weight is 445 g/mol. The van der Waals surface area contributed by atoms with E-state index in [0.29, 0.717) is 11.6 Å². The van der Waals surface area contributed by atoms with Crippen LogP contribution in [0.5, 0.6) is 5.75 Å². The summed E-state index contributed by atoms with van der Waals surface area (Å²) in [6.07, 6.45) is 4.43. The van der Waals surface area contributed by atoms with Crippen LogP contribution in [-0.4, -0.2) is 19.4 Å². The third kappa shape index (κ3) is 4.13. The monoisotopic (exact) mass is 444 g/mol. The van der Waals surface area contributed by atoms with Crippen LogP contribution < -0.4 is 9.46 Å².